The molecule has 14 heteroatoms. The average Bonchev–Trinajstić information content (AvgIpc) is 3.29. The van der Waals surface area contributed by atoms with E-state index in [0.717, 1.165) is 37.0 Å². The molecule has 4 aromatic rings. The first-order valence-electron chi connectivity index (χ1n) is 13.6. The molecule has 3 fully saturated rings. The van der Waals surface area contributed by atoms with Crippen LogP contribution in [-0.2, 0) is 11.3 Å². The van der Waals surface area contributed by atoms with Gasteiger partial charge in [-0.05, 0) is 62.8 Å². The zero-order valence-electron chi connectivity index (χ0n) is 22.0. The van der Waals surface area contributed by atoms with Gasteiger partial charge in [0.25, 0.3) is 5.89 Å². The molecule has 1 unspecified atom stereocenters. The Morgan fingerprint density at radius 3 is 2.52 bits per heavy atom. The van der Waals surface area contributed by atoms with E-state index in [1.165, 1.54) is 24.3 Å². The number of benzene rings is 1. The first kappa shape index (κ1) is 27.0. The van der Waals surface area contributed by atoms with E-state index >= 15 is 0 Å². The molecule has 1 aromatic carbocycles. The maximum atomic E-state index is 13.1. The van der Waals surface area contributed by atoms with E-state index in [2.05, 4.69) is 25.0 Å². The lowest BCUT2D eigenvalue weighted by Gasteiger charge is -2.37. The van der Waals surface area contributed by atoms with Crippen molar-refractivity contribution in [2.75, 3.05) is 4.90 Å². The number of rotatable bonds is 9. The van der Waals surface area contributed by atoms with Gasteiger partial charge in [-0.2, -0.15) is 0 Å². The lowest BCUT2D eigenvalue weighted by Crippen LogP contribution is -2.45. The van der Waals surface area contributed by atoms with Crippen LogP contribution in [0.2, 0.25) is 0 Å². The molecule has 3 atom stereocenters. The van der Waals surface area contributed by atoms with Gasteiger partial charge < -0.3 is 28.4 Å². The summed E-state index contributed by atoms with van der Waals surface area (Å²) >= 11 is 1.08. The number of carboxylic acids is 1. The van der Waals surface area contributed by atoms with E-state index in [4.69, 9.17) is 13.7 Å². The van der Waals surface area contributed by atoms with Crippen molar-refractivity contribution >= 4 is 23.3 Å². The number of alkyl halides is 3. The van der Waals surface area contributed by atoms with Crippen molar-refractivity contribution in [1.29, 1.82) is 0 Å². The predicted molar refractivity (Wildman–Crippen MR) is 142 cm³/mol. The molecule has 3 aromatic heterocycles. The highest BCUT2D eigenvalue weighted by Gasteiger charge is 2.44. The Hall–Kier alpha value is -3.91. The normalized spacial score (nSPS) is 22.1. The summed E-state index contributed by atoms with van der Waals surface area (Å²) in [4.78, 5) is 14.1. The number of piperidine rings is 1. The summed E-state index contributed by atoms with van der Waals surface area (Å²) in [6.45, 7) is 0.157. The van der Waals surface area contributed by atoms with Crippen LogP contribution in [-0.4, -0.2) is 51.0 Å². The number of halogens is 3. The second-order valence-corrected chi connectivity index (χ2v) is 11.8. The van der Waals surface area contributed by atoms with Crippen LogP contribution in [0.4, 0.5) is 19.2 Å². The summed E-state index contributed by atoms with van der Waals surface area (Å²) in [5.74, 6) is -0.227. The van der Waals surface area contributed by atoms with E-state index in [-0.39, 0.29) is 52.8 Å². The Balaban J connectivity index is 1.07. The molecule has 0 radical (unpaired) electrons. The summed E-state index contributed by atoms with van der Waals surface area (Å²) < 4.78 is 61.6. The van der Waals surface area contributed by atoms with Gasteiger partial charge in [0.1, 0.15) is 22.1 Å². The molecular weight excluding hydrogens is 577 g/mol. The van der Waals surface area contributed by atoms with Crippen molar-refractivity contribution in [3.05, 3.63) is 52.6 Å². The zero-order valence-corrected chi connectivity index (χ0v) is 22.9. The number of aromatic nitrogens is 3. The van der Waals surface area contributed by atoms with E-state index < -0.39 is 12.3 Å². The predicted octanol–water partition coefficient (Wildman–Crippen LogP) is 6.64. The summed E-state index contributed by atoms with van der Waals surface area (Å²) in [7, 11) is 0. The second-order valence-electron chi connectivity index (χ2n) is 10.7. The van der Waals surface area contributed by atoms with Crippen molar-refractivity contribution in [1.82, 2.24) is 15.4 Å². The van der Waals surface area contributed by atoms with Crippen LogP contribution >= 0.6 is 11.3 Å². The highest BCUT2D eigenvalue weighted by molar-refractivity contribution is 7.17. The number of aromatic carboxylic acids is 1. The van der Waals surface area contributed by atoms with Gasteiger partial charge >= 0.3 is 18.3 Å². The minimum Gasteiger partial charge on any atom is -0.477 e. The fraction of sp³-hybridized carbons (Fsp3) is 0.429. The SMILES string of the molecule is O=C(O)c1ccc(-c2nnc(N3[C@@H]4CC[C@H]3CC(OCc3c(-c5ccccc5OC(F)(F)F)noc3C3CC3)C4)o2)s1. The Kier molecular flexibility index (Phi) is 6.69. The van der Waals surface area contributed by atoms with Gasteiger partial charge in [0.15, 0.2) is 0 Å². The molecule has 42 heavy (non-hydrogen) atoms. The number of thiophene rings is 1. The number of carboxylic acid groups (broad SMARTS) is 1. The van der Waals surface area contributed by atoms with Crippen LogP contribution in [0.5, 0.6) is 5.75 Å². The number of nitrogens with zero attached hydrogens (tertiary/aromatic N) is 4. The lowest BCUT2D eigenvalue weighted by molar-refractivity contribution is -0.274. The molecule has 0 amide bonds. The summed E-state index contributed by atoms with van der Waals surface area (Å²) in [5.41, 5.74) is 1.16. The standard InChI is InChI=1S/C28H25F3N4O6S/c29-28(30,31)40-20-4-2-1-3-18(20)23-19(24(41-34-23)14-5-6-14)13-38-17-11-15-7-8-16(12-17)35(15)27-33-32-25(39-27)21-9-10-22(42-21)26(36)37/h1-4,9-10,14-17H,5-8,11-13H2,(H,36,37)/t15-,16+,17?. The van der Waals surface area contributed by atoms with E-state index in [1.807, 2.05) is 0 Å². The van der Waals surface area contributed by atoms with E-state index in [0.29, 0.717) is 40.8 Å². The van der Waals surface area contributed by atoms with Crippen LogP contribution < -0.4 is 9.64 Å². The first-order chi connectivity index (χ1) is 20.2. The fourth-order valence-corrected chi connectivity index (χ4v) is 6.75. The third-order valence-electron chi connectivity index (χ3n) is 7.95. The van der Waals surface area contributed by atoms with Crippen molar-refractivity contribution in [2.24, 2.45) is 0 Å². The third kappa shape index (κ3) is 5.24. The maximum absolute atomic E-state index is 13.1. The van der Waals surface area contributed by atoms with Crippen molar-refractivity contribution in [3.63, 3.8) is 0 Å². The number of hydrogen-bond donors (Lipinski definition) is 1. The summed E-state index contributed by atoms with van der Waals surface area (Å²) in [6, 6.07) is 9.71. The molecule has 3 aliphatic rings. The van der Waals surface area contributed by atoms with Crippen molar-refractivity contribution < 1.29 is 41.5 Å². The Bertz CT molecular complexity index is 1600. The van der Waals surface area contributed by atoms with E-state index in [1.54, 1.807) is 12.1 Å². The molecular formula is C28H25F3N4O6S. The van der Waals surface area contributed by atoms with Gasteiger partial charge in [0.2, 0.25) is 0 Å². The van der Waals surface area contributed by atoms with Crippen LogP contribution in [0.25, 0.3) is 22.0 Å². The molecule has 220 valence electrons. The van der Waals surface area contributed by atoms with Gasteiger partial charge in [0.05, 0.1) is 17.6 Å². The zero-order chi connectivity index (χ0) is 29.0. The van der Waals surface area contributed by atoms with Gasteiger partial charge in [-0.3, -0.25) is 0 Å². The Labute approximate surface area is 241 Å². The molecule has 10 nitrogen and oxygen atoms in total. The van der Waals surface area contributed by atoms with Crippen LogP contribution in [0.15, 0.2) is 45.3 Å². The minimum absolute atomic E-state index is 0.0898. The topological polar surface area (TPSA) is 124 Å². The summed E-state index contributed by atoms with van der Waals surface area (Å²) in [6.07, 6.45) is 0.213. The number of ether oxygens (including phenoxy) is 2. The highest BCUT2D eigenvalue weighted by Crippen LogP contribution is 2.46. The molecule has 1 N–H and O–H groups in total. The van der Waals surface area contributed by atoms with Crippen LogP contribution in [0.1, 0.15) is 65.4 Å². The largest absolute Gasteiger partial charge is 0.573 e. The number of para-hydroxylation sites is 1. The summed E-state index contributed by atoms with van der Waals surface area (Å²) in [5, 5.41) is 21.8. The van der Waals surface area contributed by atoms with Crippen molar-refractivity contribution in [3.8, 4) is 27.8 Å². The van der Waals surface area contributed by atoms with Gasteiger partial charge in [-0.1, -0.05) is 22.4 Å². The molecule has 2 saturated heterocycles. The second kappa shape index (κ2) is 10.4. The first-order valence-corrected chi connectivity index (χ1v) is 14.5. The number of anilines is 1. The molecule has 1 saturated carbocycles. The van der Waals surface area contributed by atoms with Gasteiger partial charge in [-0.25, -0.2) is 4.79 Å². The molecule has 1 aliphatic carbocycles. The molecule has 5 heterocycles. The van der Waals surface area contributed by atoms with Gasteiger partial charge in [0, 0.05) is 29.1 Å². The molecule has 2 aliphatic heterocycles. The quantitative estimate of drug-likeness (QED) is 0.223. The number of carbonyl (C=O) groups is 1. The van der Waals surface area contributed by atoms with Crippen LogP contribution in [0.3, 0.4) is 0 Å². The highest BCUT2D eigenvalue weighted by atomic mass is 32.1. The van der Waals surface area contributed by atoms with Crippen molar-refractivity contribution in [2.45, 2.75) is 75.6 Å². The Morgan fingerprint density at radius 2 is 1.83 bits per heavy atom. The van der Waals surface area contributed by atoms with Crippen LogP contribution in [0, 0.1) is 0 Å². The van der Waals surface area contributed by atoms with Gasteiger partial charge in [-0.15, -0.1) is 29.6 Å². The third-order valence-corrected chi connectivity index (χ3v) is 9.01. The smallest absolute Gasteiger partial charge is 0.477 e. The maximum Gasteiger partial charge on any atom is 0.573 e. The van der Waals surface area contributed by atoms with E-state index in [9.17, 15) is 23.1 Å². The molecule has 2 bridgehead atoms. The number of fused-ring (bicyclic) bond motifs is 2. The molecule has 7 rings (SSSR count). The lowest BCUT2D eigenvalue weighted by atomic mass is 9.99. The fourth-order valence-electron chi connectivity index (χ4n) is 5.98. The minimum atomic E-state index is -4.84. The Morgan fingerprint density at radius 1 is 1.07 bits per heavy atom. The average molecular weight is 603 g/mol. The number of hydrogen-bond acceptors (Lipinski definition) is 10. The molecule has 0 spiro atoms. The monoisotopic (exact) mass is 602 g/mol.